The number of nitrogens with one attached hydrogen (secondary N) is 2. The number of hydrogen-bond acceptors (Lipinski definition) is 4. The first-order valence-corrected chi connectivity index (χ1v) is 6.62. The molecule has 2 N–H and O–H groups in total. The SMILES string of the molecule is O=[N+]([O-])c1cc(F)cc(NCc2ccc3c(c2)CNC3)c1. The van der Waals surface area contributed by atoms with Gasteiger partial charge in [-0.3, -0.25) is 10.1 Å². The largest absolute Gasteiger partial charge is 0.381 e. The molecule has 0 aromatic heterocycles. The van der Waals surface area contributed by atoms with Gasteiger partial charge in [0.1, 0.15) is 5.82 Å². The Morgan fingerprint density at radius 2 is 2.00 bits per heavy atom. The minimum atomic E-state index is -0.621. The van der Waals surface area contributed by atoms with Crippen molar-refractivity contribution < 1.29 is 9.31 Å². The maximum absolute atomic E-state index is 13.3. The average Bonchev–Trinajstić information content (AvgIpc) is 2.92. The van der Waals surface area contributed by atoms with Gasteiger partial charge < -0.3 is 10.6 Å². The molecule has 0 aliphatic carbocycles. The van der Waals surface area contributed by atoms with Gasteiger partial charge in [-0.05, 0) is 22.8 Å². The summed E-state index contributed by atoms with van der Waals surface area (Å²) in [6.45, 7) is 2.24. The van der Waals surface area contributed by atoms with Gasteiger partial charge in [-0.15, -0.1) is 0 Å². The zero-order valence-corrected chi connectivity index (χ0v) is 11.2. The fourth-order valence-corrected chi connectivity index (χ4v) is 2.44. The van der Waals surface area contributed by atoms with Crippen LogP contribution in [0.5, 0.6) is 0 Å². The number of hydrogen-bond donors (Lipinski definition) is 2. The van der Waals surface area contributed by atoms with Crippen LogP contribution in [0.1, 0.15) is 16.7 Å². The Bertz CT molecular complexity index is 703. The molecule has 2 aromatic carbocycles. The van der Waals surface area contributed by atoms with Crippen molar-refractivity contribution in [3.05, 3.63) is 69.0 Å². The van der Waals surface area contributed by atoms with Crippen molar-refractivity contribution in [2.24, 2.45) is 0 Å². The van der Waals surface area contributed by atoms with Gasteiger partial charge in [-0.1, -0.05) is 18.2 Å². The van der Waals surface area contributed by atoms with Crippen molar-refractivity contribution in [3.63, 3.8) is 0 Å². The van der Waals surface area contributed by atoms with Crippen molar-refractivity contribution >= 4 is 11.4 Å². The summed E-state index contributed by atoms with van der Waals surface area (Å²) in [7, 11) is 0. The molecule has 5 nitrogen and oxygen atoms in total. The van der Waals surface area contributed by atoms with Crippen molar-refractivity contribution in [1.29, 1.82) is 0 Å². The van der Waals surface area contributed by atoms with Crippen LogP contribution in [-0.4, -0.2) is 4.92 Å². The minimum absolute atomic E-state index is 0.254. The summed E-state index contributed by atoms with van der Waals surface area (Å²) in [4.78, 5) is 10.1. The smallest absolute Gasteiger partial charge is 0.274 e. The lowest BCUT2D eigenvalue weighted by molar-refractivity contribution is -0.385. The number of halogens is 1. The lowest BCUT2D eigenvalue weighted by Gasteiger charge is -2.08. The number of nitro groups is 1. The number of fused-ring (bicyclic) bond motifs is 1. The van der Waals surface area contributed by atoms with Crippen LogP contribution in [0.25, 0.3) is 0 Å². The van der Waals surface area contributed by atoms with Crippen LogP contribution in [0, 0.1) is 15.9 Å². The molecule has 1 aliphatic heterocycles. The first kappa shape index (κ1) is 13.5. The molecule has 0 radical (unpaired) electrons. The molecule has 1 heterocycles. The molecule has 0 bridgehead atoms. The second-order valence-electron chi connectivity index (χ2n) is 5.02. The third kappa shape index (κ3) is 3.00. The van der Waals surface area contributed by atoms with E-state index in [1.54, 1.807) is 0 Å². The van der Waals surface area contributed by atoms with E-state index in [2.05, 4.69) is 22.8 Å². The number of benzene rings is 2. The molecule has 1 aliphatic rings. The highest BCUT2D eigenvalue weighted by Gasteiger charge is 2.11. The van der Waals surface area contributed by atoms with Crippen molar-refractivity contribution in [2.45, 2.75) is 19.6 Å². The van der Waals surface area contributed by atoms with Crippen LogP contribution in [0.3, 0.4) is 0 Å². The summed E-state index contributed by atoms with van der Waals surface area (Å²) in [6, 6.07) is 9.66. The number of rotatable bonds is 4. The van der Waals surface area contributed by atoms with Crippen molar-refractivity contribution in [3.8, 4) is 0 Å². The van der Waals surface area contributed by atoms with Crippen molar-refractivity contribution in [2.75, 3.05) is 5.32 Å². The Hall–Kier alpha value is -2.47. The van der Waals surface area contributed by atoms with Crippen LogP contribution in [0.4, 0.5) is 15.8 Å². The van der Waals surface area contributed by atoms with Gasteiger partial charge in [0.05, 0.1) is 11.0 Å². The Labute approximate surface area is 120 Å². The van der Waals surface area contributed by atoms with Gasteiger partial charge in [0.2, 0.25) is 0 Å². The zero-order chi connectivity index (χ0) is 14.8. The predicted octanol–water partition coefficient (Wildman–Crippen LogP) is 2.95. The normalized spacial score (nSPS) is 13.0. The van der Waals surface area contributed by atoms with Gasteiger partial charge >= 0.3 is 0 Å². The highest BCUT2D eigenvalue weighted by molar-refractivity contribution is 5.52. The van der Waals surface area contributed by atoms with E-state index in [1.165, 1.54) is 23.3 Å². The van der Waals surface area contributed by atoms with Gasteiger partial charge in [-0.2, -0.15) is 0 Å². The highest BCUT2D eigenvalue weighted by atomic mass is 19.1. The van der Waals surface area contributed by atoms with Gasteiger partial charge in [-0.25, -0.2) is 4.39 Å². The molecule has 2 aromatic rings. The van der Waals surface area contributed by atoms with E-state index < -0.39 is 10.7 Å². The predicted molar refractivity (Wildman–Crippen MR) is 77.4 cm³/mol. The summed E-state index contributed by atoms with van der Waals surface area (Å²) in [6.07, 6.45) is 0. The van der Waals surface area contributed by atoms with Crippen molar-refractivity contribution in [1.82, 2.24) is 5.32 Å². The van der Waals surface area contributed by atoms with E-state index in [-0.39, 0.29) is 5.69 Å². The molecule has 0 spiro atoms. The van der Waals surface area contributed by atoms with Crippen LogP contribution in [-0.2, 0) is 19.6 Å². The molecule has 0 fully saturated rings. The molecular formula is C15H14FN3O2. The van der Waals surface area contributed by atoms with E-state index in [0.717, 1.165) is 24.7 Å². The van der Waals surface area contributed by atoms with Crippen LogP contribution < -0.4 is 10.6 Å². The number of anilines is 1. The summed E-state index contributed by atoms with van der Waals surface area (Å²) < 4.78 is 13.3. The van der Waals surface area contributed by atoms with E-state index in [0.29, 0.717) is 12.2 Å². The number of non-ortho nitro benzene ring substituents is 1. The second-order valence-corrected chi connectivity index (χ2v) is 5.02. The molecule has 0 amide bonds. The first-order valence-electron chi connectivity index (χ1n) is 6.62. The van der Waals surface area contributed by atoms with E-state index >= 15 is 0 Å². The number of nitrogens with zero attached hydrogens (tertiary/aromatic N) is 1. The quantitative estimate of drug-likeness (QED) is 0.670. The van der Waals surface area contributed by atoms with Crippen LogP contribution >= 0.6 is 0 Å². The van der Waals surface area contributed by atoms with Gasteiger partial charge in [0.15, 0.2) is 0 Å². The molecule has 108 valence electrons. The molecular weight excluding hydrogens is 273 g/mol. The number of nitro benzene ring substituents is 1. The minimum Gasteiger partial charge on any atom is -0.381 e. The Balaban J connectivity index is 1.74. The maximum Gasteiger partial charge on any atom is 0.274 e. The van der Waals surface area contributed by atoms with E-state index in [4.69, 9.17) is 0 Å². The zero-order valence-electron chi connectivity index (χ0n) is 11.2. The molecule has 0 atom stereocenters. The third-order valence-electron chi connectivity index (χ3n) is 3.49. The molecule has 0 unspecified atom stereocenters. The molecule has 0 saturated carbocycles. The standard InChI is InChI=1S/C15H14FN3O2/c16-13-4-14(6-15(5-13)19(20)21)18-7-10-1-2-11-8-17-9-12(11)3-10/h1-6,17-18H,7-9H2. The summed E-state index contributed by atoms with van der Waals surface area (Å²) >= 11 is 0. The van der Waals surface area contributed by atoms with Gasteiger partial charge in [0, 0.05) is 31.4 Å². The molecule has 3 rings (SSSR count). The van der Waals surface area contributed by atoms with Crippen LogP contribution in [0.15, 0.2) is 36.4 Å². The molecule has 21 heavy (non-hydrogen) atoms. The van der Waals surface area contributed by atoms with E-state index in [9.17, 15) is 14.5 Å². The van der Waals surface area contributed by atoms with Crippen LogP contribution in [0.2, 0.25) is 0 Å². The first-order chi connectivity index (χ1) is 10.1. The summed E-state index contributed by atoms with van der Waals surface area (Å²) in [5, 5.41) is 17.0. The fourth-order valence-electron chi connectivity index (χ4n) is 2.44. The molecule has 0 saturated heterocycles. The highest BCUT2D eigenvalue weighted by Crippen LogP contribution is 2.22. The summed E-state index contributed by atoms with van der Waals surface area (Å²) in [5.41, 5.74) is 3.76. The molecule has 6 heteroatoms. The summed E-state index contributed by atoms with van der Waals surface area (Å²) in [5.74, 6) is -0.621. The fraction of sp³-hybridized carbons (Fsp3) is 0.200. The Morgan fingerprint density at radius 1 is 1.19 bits per heavy atom. The third-order valence-corrected chi connectivity index (χ3v) is 3.49. The van der Waals surface area contributed by atoms with E-state index in [1.807, 2.05) is 6.07 Å². The lowest BCUT2D eigenvalue weighted by atomic mass is 10.1. The lowest BCUT2D eigenvalue weighted by Crippen LogP contribution is -2.02. The Kier molecular flexibility index (Phi) is 3.53. The second kappa shape index (κ2) is 5.49. The van der Waals surface area contributed by atoms with Gasteiger partial charge in [0.25, 0.3) is 5.69 Å². The topological polar surface area (TPSA) is 67.2 Å². The monoisotopic (exact) mass is 287 g/mol. The Morgan fingerprint density at radius 3 is 2.81 bits per heavy atom. The maximum atomic E-state index is 13.3. The average molecular weight is 287 g/mol.